The van der Waals surface area contributed by atoms with Gasteiger partial charge in [0.2, 0.25) is 15.9 Å². The fourth-order valence-electron chi connectivity index (χ4n) is 2.20. The predicted molar refractivity (Wildman–Crippen MR) is 103 cm³/mol. The number of ether oxygens (including phenoxy) is 1. The lowest BCUT2D eigenvalue weighted by molar-refractivity contribution is -0.384. The number of nitro groups is 1. The summed E-state index contributed by atoms with van der Waals surface area (Å²) in [7, 11) is -4.01. The Morgan fingerprint density at radius 2 is 1.85 bits per heavy atom. The van der Waals surface area contributed by atoms with Crippen LogP contribution in [0.1, 0.15) is 6.42 Å². The van der Waals surface area contributed by atoms with E-state index in [1.807, 2.05) is 0 Å². The summed E-state index contributed by atoms with van der Waals surface area (Å²) < 4.78 is 30.4. The van der Waals surface area contributed by atoms with Crippen molar-refractivity contribution in [2.24, 2.45) is 5.73 Å². The third-order valence-electron chi connectivity index (χ3n) is 3.26. The first kappa shape index (κ1) is 22.4. The zero-order valence-corrected chi connectivity index (χ0v) is 15.9. The van der Waals surface area contributed by atoms with E-state index < -0.39 is 20.9 Å². The number of nitrogens with zero attached hydrogens (tertiary/aromatic N) is 2. The molecule has 0 aliphatic rings. The van der Waals surface area contributed by atoms with Gasteiger partial charge in [-0.15, -0.1) is 12.4 Å². The lowest BCUT2D eigenvalue weighted by atomic mass is 10.2. The molecule has 11 heteroatoms. The molecule has 2 rings (SSSR count). The molecule has 0 fully saturated rings. The third-order valence-corrected chi connectivity index (χ3v) is 4.32. The second-order valence-corrected chi connectivity index (χ2v) is 7.12. The van der Waals surface area contributed by atoms with E-state index in [2.05, 4.69) is 0 Å². The summed E-state index contributed by atoms with van der Waals surface area (Å²) in [5, 5.41) is 11.1. The zero-order chi connectivity index (χ0) is 19.3. The topological polar surface area (TPSA) is 133 Å². The number of hydrogen-bond donors (Lipinski definition) is 1. The molecule has 146 valence electrons. The summed E-state index contributed by atoms with van der Waals surface area (Å²) in [5.74, 6) is -0.572. The molecule has 9 nitrogen and oxygen atoms in total. The lowest BCUT2D eigenvalue weighted by Gasteiger charge is -2.22. The molecule has 0 heterocycles. The Labute approximate surface area is 162 Å². The zero-order valence-electron chi connectivity index (χ0n) is 14.3. The van der Waals surface area contributed by atoms with Crippen molar-refractivity contribution in [3.63, 3.8) is 0 Å². The summed E-state index contributed by atoms with van der Waals surface area (Å²) in [6.45, 7) is -0.0489. The van der Waals surface area contributed by atoms with Crippen LogP contribution in [0.5, 0.6) is 11.5 Å². The van der Waals surface area contributed by atoms with Crippen molar-refractivity contribution in [2.75, 3.05) is 17.1 Å². The van der Waals surface area contributed by atoms with Crippen LogP contribution in [0.2, 0.25) is 0 Å². The van der Waals surface area contributed by atoms with Crippen LogP contribution < -0.4 is 14.8 Å². The summed E-state index contributed by atoms with van der Waals surface area (Å²) in [6.07, 6.45) is 0.643. The van der Waals surface area contributed by atoms with Crippen LogP contribution in [-0.4, -0.2) is 32.0 Å². The molecule has 1 amide bonds. The van der Waals surface area contributed by atoms with Gasteiger partial charge in [-0.3, -0.25) is 14.9 Å². The highest BCUT2D eigenvalue weighted by molar-refractivity contribution is 7.92. The molecule has 2 aromatic rings. The highest BCUT2D eigenvalue weighted by atomic mass is 35.5. The molecule has 2 aromatic carbocycles. The number of nitrogens with two attached hydrogens (primary N) is 1. The first-order chi connectivity index (χ1) is 12.2. The molecule has 2 N–H and O–H groups in total. The van der Waals surface area contributed by atoms with Crippen LogP contribution >= 0.6 is 12.4 Å². The number of halogens is 1. The molecule has 0 bridgehead atoms. The second kappa shape index (κ2) is 9.31. The van der Waals surface area contributed by atoms with E-state index in [4.69, 9.17) is 10.5 Å². The van der Waals surface area contributed by atoms with E-state index in [-0.39, 0.29) is 42.5 Å². The molecule has 0 atom stereocenters. The molecule has 0 saturated heterocycles. The van der Waals surface area contributed by atoms with E-state index in [1.165, 1.54) is 0 Å². The van der Waals surface area contributed by atoms with Gasteiger partial charge in [0.25, 0.3) is 5.69 Å². The van der Waals surface area contributed by atoms with Crippen molar-refractivity contribution in [2.45, 2.75) is 6.42 Å². The highest BCUT2D eigenvalue weighted by Crippen LogP contribution is 2.37. The van der Waals surface area contributed by atoms with Gasteiger partial charge < -0.3 is 10.5 Å². The molecule has 0 radical (unpaired) electrons. The van der Waals surface area contributed by atoms with Gasteiger partial charge in [-0.2, -0.15) is 0 Å². The molecular weight excluding hydrogens is 398 g/mol. The number of anilines is 1. The Morgan fingerprint density at radius 3 is 2.37 bits per heavy atom. The molecule has 0 aliphatic heterocycles. The van der Waals surface area contributed by atoms with Crippen LogP contribution in [-0.2, 0) is 14.8 Å². The number of sulfonamides is 1. The molecule has 27 heavy (non-hydrogen) atoms. The Balaban J connectivity index is 0.00000364. The van der Waals surface area contributed by atoms with Gasteiger partial charge >= 0.3 is 0 Å². The fourth-order valence-corrected chi connectivity index (χ4v) is 3.17. The Bertz CT molecular complexity index is 921. The van der Waals surface area contributed by atoms with E-state index >= 15 is 0 Å². The number of benzene rings is 2. The number of rotatable bonds is 7. The average Bonchev–Trinajstić information content (AvgIpc) is 2.56. The standard InChI is InChI=1S/C16H17N3O6S.ClH/c1-26(23,24)18(16(20)9-10-17)14-8-7-12(19(21)22)11-15(14)25-13-5-3-2-4-6-13;/h2-8,11H,9-10,17H2,1H3;1H. The summed E-state index contributed by atoms with van der Waals surface area (Å²) in [6, 6.07) is 11.6. The quantitative estimate of drug-likeness (QED) is 0.542. The predicted octanol–water partition coefficient (Wildman–Crippen LogP) is 2.45. The van der Waals surface area contributed by atoms with Crippen molar-refractivity contribution in [1.82, 2.24) is 0 Å². The first-order valence-electron chi connectivity index (χ1n) is 7.48. The van der Waals surface area contributed by atoms with Crippen molar-refractivity contribution >= 4 is 39.7 Å². The van der Waals surface area contributed by atoms with E-state index in [9.17, 15) is 23.3 Å². The number of carbonyl (C=O) groups excluding carboxylic acids is 1. The number of non-ortho nitro benzene ring substituents is 1. The molecule has 0 spiro atoms. The molecule has 0 unspecified atom stereocenters. The van der Waals surface area contributed by atoms with Gasteiger partial charge in [-0.25, -0.2) is 12.7 Å². The van der Waals surface area contributed by atoms with Crippen LogP contribution in [0.25, 0.3) is 0 Å². The Morgan fingerprint density at radius 1 is 1.22 bits per heavy atom. The smallest absolute Gasteiger partial charge is 0.273 e. The van der Waals surface area contributed by atoms with Gasteiger partial charge in [0.05, 0.1) is 17.2 Å². The monoisotopic (exact) mass is 415 g/mol. The van der Waals surface area contributed by atoms with Crippen LogP contribution in [0.15, 0.2) is 48.5 Å². The summed E-state index contributed by atoms with van der Waals surface area (Å²) >= 11 is 0. The van der Waals surface area contributed by atoms with Crippen molar-refractivity contribution in [1.29, 1.82) is 0 Å². The minimum atomic E-state index is -4.01. The van der Waals surface area contributed by atoms with E-state index in [0.29, 0.717) is 10.1 Å². The summed E-state index contributed by atoms with van der Waals surface area (Å²) in [4.78, 5) is 22.7. The number of nitro benzene ring substituents is 1. The third kappa shape index (κ3) is 5.64. The largest absolute Gasteiger partial charge is 0.455 e. The van der Waals surface area contributed by atoms with E-state index in [0.717, 1.165) is 24.5 Å². The first-order valence-corrected chi connectivity index (χ1v) is 9.33. The molecular formula is C16H18ClN3O6S. The van der Waals surface area contributed by atoms with Crippen molar-refractivity contribution in [3.8, 4) is 11.5 Å². The SMILES string of the molecule is CS(=O)(=O)N(C(=O)CCN)c1ccc([N+](=O)[O-])cc1Oc1ccccc1.Cl. The van der Waals surface area contributed by atoms with Crippen LogP contribution in [0.3, 0.4) is 0 Å². The van der Waals surface area contributed by atoms with Gasteiger partial charge in [0.15, 0.2) is 5.75 Å². The Kier molecular flexibility index (Phi) is 7.70. The normalized spacial score (nSPS) is 10.6. The molecule has 0 aromatic heterocycles. The van der Waals surface area contributed by atoms with Gasteiger partial charge in [-0.1, -0.05) is 18.2 Å². The molecule has 0 aliphatic carbocycles. The lowest BCUT2D eigenvalue weighted by Crippen LogP contribution is -2.37. The second-order valence-electron chi connectivity index (χ2n) is 5.28. The van der Waals surface area contributed by atoms with Gasteiger partial charge in [-0.05, 0) is 18.2 Å². The van der Waals surface area contributed by atoms with Crippen LogP contribution in [0, 0.1) is 10.1 Å². The number of para-hydroxylation sites is 1. The maximum Gasteiger partial charge on any atom is 0.273 e. The number of hydrogen-bond acceptors (Lipinski definition) is 7. The van der Waals surface area contributed by atoms with E-state index in [1.54, 1.807) is 30.3 Å². The maximum absolute atomic E-state index is 12.3. The fraction of sp³-hybridized carbons (Fsp3) is 0.188. The highest BCUT2D eigenvalue weighted by Gasteiger charge is 2.29. The average molecular weight is 416 g/mol. The summed E-state index contributed by atoms with van der Waals surface area (Å²) in [5.41, 5.74) is 4.92. The maximum atomic E-state index is 12.3. The number of amides is 1. The van der Waals surface area contributed by atoms with Crippen molar-refractivity contribution in [3.05, 3.63) is 58.6 Å². The van der Waals surface area contributed by atoms with Gasteiger partial charge in [0, 0.05) is 19.0 Å². The van der Waals surface area contributed by atoms with Gasteiger partial charge in [0.1, 0.15) is 11.4 Å². The number of carbonyl (C=O) groups is 1. The Hall–Kier alpha value is -2.69. The van der Waals surface area contributed by atoms with Crippen molar-refractivity contribution < 1.29 is 22.9 Å². The minimum Gasteiger partial charge on any atom is -0.455 e. The molecule has 0 saturated carbocycles. The van der Waals surface area contributed by atoms with Crippen LogP contribution in [0.4, 0.5) is 11.4 Å². The minimum absolute atomic E-state index is 0.